The van der Waals surface area contributed by atoms with Crippen molar-refractivity contribution in [3.8, 4) is 0 Å². The average Bonchev–Trinajstić information content (AvgIpc) is 2.37. The SMILES string of the molecule is Cc1ccc2c(c1C)[C@H](C)[C@H](C)C2. The van der Waals surface area contributed by atoms with E-state index in [0.717, 1.165) is 11.8 Å². The third-order valence-electron chi connectivity index (χ3n) is 3.73. The molecule has 0 aliphatic heterocycles. The third kappa shape index (κ3) is 1.20. The number of hydrogen-bond acceptors (Lipinski definition) is 0. The predicted molar refractivity (Wildman–Crippen MR) is 57.2 cm³/mol. The molecule has 0 unspecified atom stereocenters. The highest BCUT2D eigenvalue weighted by Gasteiger charge is 2.27. The summed E-state index contributed by atoms with van der Waals surface area (Å²) in [6.07, 6.45) is 1.28. The van der Waals surface area contributed by atoms with Gasteiger partial charge in [-0.05, 0) is 54.4 Å². The first kappa shape index (κ1) is 8.80. The van der Waals surface area contributed by atoms with Crippen molar-refractivity contribution >= 4 is 0 Å². The van der Waals surface area contributed by atoms with E-state index in [0.29, 0.717) is 0 Å². The molecule has 0 radical (unpaired) electrons. The summed E-state index contributed by atoms with van der Waals surface area (Å²) < 4.78 is 0. The van der Waals surface area contributed by atoms with Crippen LogP contribution in [0.5, 0.6) is 0 Å². The zero-order valence-electron chi connectivity index (χ0n) is 9.02. The van der Waals surface area contributed by atoms with Gasteiger partial charge < -0.3 is 0 Å². The summed E-state index contributed by atoms with van der Waals surface area (Å²) in [6.45, 7) is 9.20. The summed E-state index contributed by atoms with van der Waals surface area (Å²) >= 11 is 0. The molecule has 1 aliphatic rings. The van der Waals surface area contributed by atoms with Crippen molar-refractivity contribution in [2.45, 2.75) is 40.0 Å². The zero-order valence-corrected chi connectivity index (χ0v) is 9.02. The molecular formula is C13H18. The van der Waals surface area contributed by atoms with Crippen molar-refractivity contribution in [3.05, 3.63) is 34.4 Å². The molecule has 0 saturated heterocycles. The van der Waals surface area contributed by atoms with Crippen molar-refractivity contribution in [1.29, 1.82) is 0 Å². The van der Waals surface area contributed by atoms with Crippen molar-refractivity contribution in [2.75, 3.05) is 0 Å². The fourth-order valence-corrected chi connectivity index (χ4v) is 2.51. The van der Waals surface area contributed by atoms with Gasteiger partial charge in [0.15, 0.2) is 0 Å². The molecular weight excluding hydrogens is 156 g/mol. The molecule has 0 spiro atoms. The average molecular weight is 174 g/mol. The van der Waals surface area contributed by atoms with E-state index in [1.54, 1.807) is 11.1 Å². The lowest BCUT2D eigenvalue weighted by molar-refractivity contribution is 0.531. The molecule has 0 bridgehead atoms. The normalized spacial score (nSPS) is 26.2. The summed E-state index contributed by atoms with van der Waals surface area (Å²) in [5, 5.41) is 0. The van der Waals surface area contributed by atoms with Gasteiger partial charge in [-0.25, -0.2) is 0 Å². The second-order valence-electron chi connectivity index (χ2n) is 4.55. The van der Waals surface area contributed by atoms with Gasteiger partial charge >= 0.3 is 0 Å². The molecule has 0 aromatic heterocycles. The Morgan fingerprint density at radius 1 is 1.15 bits per heavy atom. The molecule has 0 heterocycles. The Balaban J connectivity index is 2.59. The van der Waals surface area contributed by atoms with Crippen LogP contribution in [-0.4, -0.2) is 0 Å². The lowest BCUT2D eigenvalue weighted by Crippen LogP contribution is -1.99. The molecule has 0 fully saturated rings. The van der Waals surface area contributed by atoms with Crippen LogP contribution >= 0.6 is 0 Å². The lowest BCUT2D eigenvalue weighted by atomic mass is 9.92. The van der Waals surface area contributed by atoms with Crippen molar-refractivity contribution in [1.82, 2.24) is 0 Å². The van der Waals surface area contributed by atoms with Gasteiger partial charge in [0.2, 0.25) is 0 Å². The van der Waals surface area contributed by atoms with E-state index in [-0.39, 0.29) is 0 Å². The van der Waals surface area contributed by atoms with Crippen LogP contribution in [0, 0.1) is 19.8 Å². The summed E-state index contributed by atoms with van der Waals surface area (Å²) in [7, 11) is 0. The maximum atomic E-state index is 2.36. The Bertz CT molecular complexity index is 336. The number of benzene rings is 1. The minimum absolute atomic E-state index is 0.759. The van der Waals surface area contributed by atoms with Gasteiger partial charge in [-0.1, -0.05) is 26.0 Å². The summed E-state index contributed by atoms with van der Waals surface area (Å²) in [5.41, 5.74) is 6.18. The highest BCUT2D eigenvalue weighted by molar-refractivity contribution is 5.45. The van der Waals surface area contributed by atoms with Gasteiger partial charge in [-0.15, -0.1) is 0 Å². The summed E-state index contributed by atoms with van der Waals surface area (Å²) in [5.74, 6) is 1.59. The number of rotatable bonds is 0. The maximum Gasteiger partial charge on any atom is -0.0156 e. The predicted octanol–water partition coefficient (Wildman–Crippen LogP) is 3.60. The smallest absolute Gasteiger partial charge is 0.0156 e. The summed E-state index contributed by atoms with van der Waals surface area (Å²) in [6, 6.07) is 4.58. The largest absolute Gasteiger partial charge is 0.0616 e. The quantitative estimate of drug-likeness (QED) is 0.563. The van der Waals surface area contributed by atoms with Crippen LogP contribution in [0.1, 0.15) is 42.0 Å². The minimum atomic E-state index is 0.759. The molecule has 1 aromatic carbocycles. The second kappa shape index (κ2) is 2.87. The second-order valence-corrected chi connectivity index (χ2v) is 4.55. The Labute approximate surface area is 81.0 Å². The first-order valence-corrected chi connectivity index (χ1v) is 5.20. The van der Waals surface area contributed by atoms with Crippen LogP contribution < -0.4 is 0 Å². The zero-order chi connectivity index (χ0) is 9.59. The highest BCUT2D eigenvalue weighted by Crippen LogP contribution is 2.39. The van der Waals surface area contributed by atoms with E-state index in [9.17, 15) is 0 Å². The number of hydrogen-bond donors (Lipinski definition) is 0. The molecule has 0 saturated carbocycles. The molecule has 0 N–H and O–H groups in total. The van der Waals surface area contributed by atoms with Gasteiger partial charge in [-0.3, -0.25) is 0 Å². The molecule has 0 heteroatoms. The van der Waals surface area contributed by atoms with Crippen LogP contribution in [0.4, 0.5) is 0 Å². The van der Waals surface area contributed by atoms with Gasteiger partial charge in [0.05, 0.1) is 0 Å². The summed E-state index contributed by atoms with van der Waals surface area (Å²) in [4.78, 5) is 0. The molecule has 1 aromatic rings. The molecule has 13 heavy (non-hydrogen) atoms. The van der Waals surface area contributed by atoms with E-state index < -0.39 is 0 Å². The van der Waals surface area contributed by atoms with Crippen LogP contribution in [0.2, 0.25) is 0 Å². The molecule has 70 valence electrons. The molecule has 1 aliphatic carbocycles. The Kier molecular flexibility index (Phi) is 1.94. The standard InChI is InChI=1S/C13H18/c1-8-5-6-12-7-9(2)11(4)13(12)10(8)3/h5-6,9,11H,7H2,1-4H3/t9-,11-/m1/s1. The Hall–Kier alpha value is -0.780. The van der Waals surface area contributed by atoms with E-state index in [2.05, 4.69) is 39.8 Å². The fourth-order valence-electron chi connectivity index (χ4n) is 2.51. The van der Waals surface area contributed by atoms with Gasteiger partial charge in [-0.2, -0.15) is 0 Å². The number of aryl methyl sites for hydroxylation is 1. The highest BCUT2D eigenvalue weighted by atomic mass is 14.3. The topological polar surface area (TPSA) is 0 Å². The lowest BCUT2D eigenvalue weighted by Gasteiger charge is -2.13. The van der Waals surface area contributed by atoms with Crippen molar-refractivity contribution in [2.24, 2.45) is 5.92 Å². The Morgan fingerprint density at radius 3 is 2.54 bits per heavy atom. The molecule has 0 nitrogen and oxygen atoms in total. The Morgan fingerprint density at radius 2 is 1.85 bits per heavy atom. The number of fused-ring (bicyclic) bond motifs is 1. The fraction of sp³-hybridized carbons (Fsp3) is 0.538. The van der Waals surface area contributed by atoms with Crippen molar-refractivity contribution < 1.29 is 0 Å². The first-order chi connectivity index (χ1) is 6.11. The molecule has 0 amide bonds. The van der Waals surface area contributed by atoms with Gasteiger partial charge in [0.1, 0.15) is 0 Å². The van der Waals surface area contributed by atoms with Crippen LogP contribution in [0.25, 0.3) is 0 Å². The van der Waals surface area contributed by atoms with Gasteiger partial charge in [0, 0.05) is 0 Å². The van der Waals surface area contributed by atoms with Crippen molar-refractivity contribution in [3.63, 3.8) is 0 Å². The monoisotopic (exact) mass is 174 g/mol. The van der Waals surface area contributed by atoms with E-state index in [4.69, 9.17) is 0 Å². The molecule has 2 atom stereocenters. The van der Waals surface area contributed by atoms with Crippen LogP contribution in [0.3, 0.4) is 0 Å². The minimum Gasteiger partial charge on any atom is -0.0616 e. The van der Waals surface area contributed by atoms with E-state index in [1.807, 2.05) is 0 Å². The maximum absolute atomic E-state index is 2.36. The first-order valence-electron chi connectivity index (χ1n) is 5.20. The van der Waals surface area contributed by atoms with Crippen LogP contribution in [0.15, 0.2) is 12.1 Å². The van der Waals surface area contributed by atoms with Gasteiger partial charge in [0.25, 0.3) is 0 Å². The van der Waals surface area contributed by atoms with E-state index >= 15 is 0 Å². The van der Waals surface area contributed by atoms with Crippen LogP contribution in [-0.2, 0) is 6.42 Å². The van der Waals surface area contributed by atoms with E-state index in [1.165, 1.54) is 17.5 Å². The molecule has 2 rings (SSSR count). The third-order valence-corrected chi connectivity index (χ3v) is 3.73.